The van der Waals surface area contributed by atoms with E-state index in [0.29, 0.717) is 24.0 Å². The summed E-state index contributed by atoms with van der Waals surface area (Å²) in [6.07, 6.45) is 0. The number of primary amides is 1. The molecule has 0 fully saturated rings. The van der Waals surface area contributed by atoms with Gasteiger partial charge >= 0.3 is 0 Å². The highest BCUT2D eigenvalue weighted by molar-refractivity contribution is 14.0. The summed E-state index contributed by atoms with van der Waals surface area (Å²) in [6, 6.07) is 15.1. The van der Waals surface area contributed by atoms with Crippen LogP contribution in [0.1, 0.15) is 41.3 Å². The number of amides is 1. The zero-order chi connectivity index (χ0) is 16.8. The highest BCUT2D eigenvalue weighted by Crippen LogP contribution is 2.18. The van der Waals surface area contributed by atoms with Gasteiger partial charge in [-0.2, -0.15) is 0 Å². The van der Waals surface area contributed by atoms with E-state index in [1.54, 1.807) is 18.2 Å². The van der Waals surface area contributed by atoms with Crippen LogP contribution >= 0.6 is 24.0 Å². The van der Waals surface area contributed by atoms with Gasteiger partial charge in [0, 0.05) is 11.3 Å². The molecule has 5 nitrogen and oxygen atoms in total. The SMILES string of the molecule is CC(C)c1cccc(NC(N)=NCc2cccc(C(N)=O)c2)c1.I. The molecule has 0 aliphatic carbocycles. The Kier molecular flexibility index (Phi) is 7.70. The van der Waals surface area contributed by atoms with E-state index in [4.69, 9.17) is 11.5 Å². The normalized spacial score (nSPS) is 11.0. The second-order valence-electron chi connectivity index (χ2n) is 5.67. The number of nitrogens with one attached hydrogen (secondary N) is 1. The molecule has 2 aromatic rings. The van der Waals surface area contributed by atoms with Crippen molar-refractivity contribution in [1.29, 1.82) is 0 Å². The van der Waals surface area contributed by atoms with Crippen molar-refractivity contribution < 1.29 is 4.79 Å². The van der Waals surface area contributed by atoms with E-state index in [2.05, 4.69) is 36.3 Å². The number of carbonyl (C=O) groups is 1. The van der Waals surface area contributed by atoms with Crippen LogP contribution in [-0.2, 0) is 6.54 Å². The minimum atomic E-state index is -0.451. The van der Waals surface area contributed by atoms with Crippen LogP contribution in [0.3, 0.4) is 0 Å². The van der Waals surface area contributed by atoms with Gasteiger partial charge in [-0.25, -0.2) is 4.99 Å². The van der Waals surface area contributed by atoms with Crippen LogP contribution < -0.4 is 16.8 Å². The Balaban J connectivity index is 0.00000288. The Labute approximate surface area is 159 Å². The molecule has 0 aliphatic rings. The zero-order valence-electron chi connectivity index (χ0n) is 13.8. The molecule has 0 saturated heterocycles. The topological polar surface area (TPSA) is 93.5 Å². The highest BCUT2D eigenvalue weighted by atomic mass is 127. The number of carbonyl (C=O) groups excluding carboxylic acids is 1. The van der Waals surface area contributed by atoms with Gasteiger partial charge in [-0.1, -0.05) is 38.1 Å². The fourth-order valence-corrected chi connectivity index (χ4v) is 2.16. The molecule has 6 heteroatoms. The first-order chi connectivity index (χ1) is 11.0. The molecule has 2 rings (SSSR count). The molecule has 0 unspecified atom stereocenters. The third-order valence-corrected chi connectivity index (χ3v) is 3.47. The fourth-order valence-electron chi connectivity index (χ4n) is 2.16. The molecule has 0 aliphatic heterocycles. The van der Waals surface area contributed by atoms with Crippen LogP contribution in [0.4, 0.5) is 5.69 Å². The van der Waals surface area contributed by atoms with Gasteiger partial charge in [-0.3, -0.25) is 4.79 Å². The Bertz CT molecular complexity index is 728. The largest absolute Gasteiger partial charge is 0.370 e. The van der Waals surface area contributed by atoms with E-state index < -0.39 is 5.91 Å². The highest BCUT2D eigenvalue weighted by Gasteiger charge is 2.03. The van der Waals surface area contributed by atoms with Crippen molar-refractivity contribution >= 4 is 41.5 Å². The first-order valence-corrected chi connectivity index (χ1v) is 7.51. The number of nitrogens with zero attached hydrogens (tertiary/aromatic N) is 1. The smallest absolute Gasteiger partial charge is 0.248 e. The summed E-state index contributed by atoms with van der Waals surface area (Å²) in [5, 5.41) is 3.08. The van der Waals surface area contributed by atoms with Gasteiger partial charge in [0.2, 0.25) is 5.91 Å². The van der Waals surface area contributed by atoms with Gasteiger partial charge in [0.05, 0.1) is 6.54 Å². The molecule has 5 N–H and O–H groups in total. The summed E-state index contributed by atoms with van der Waals surface area (Å²) >= 11 is 0. The van der Waals surface area contributed by atoms with E-state index >= 15 is 0 Å². The van der Waals surface area contributed by atoms with Crippen molar-refractivity contribution in [3.8, 4) is 0 Å². The van der Waals surface area contributed by atoms with Gasteiger partial charge in [-0.15, -0.1) is 24.0 Å². The van der Waals surface area contributed by atoms with Crippen molar-refractivity contribution in [3.05, 3.63) is 65.2 Å². The van der Waals surface area contributed by atoms with E-state index in [0.717, 1.165) is 11.3 Å². The first-order valence-electron chi connectivity index (χ1n) is 7.51. The number of hydrogen-bond acceptors (Lipinski definition) is 2. The van der Waals surface area contributed by atoms with Crippen LogP contribution in [0.5, 0.6) is 0 Å². The van der Waals surface area contributed by atoms with E-state index in [1.807, 2.05) is 18.2 Å². The number of hydrogen-bond donors (Lipinski definition) is 3. The Morgan fingerprint density at radius 1 is 1.12 bits per heavy atom. The second-order valence-corrected chi connectivity index (χ2v) is 5.67. The molecule has 1 amide bonds. The van der Waals surface area contributed by atoms with Crippen molar-refractivity contribution in [2.45, 2.75) is 26.3 Å². The van der Waals surface area contributed by atoms with Gasteiger partial charge in [0.15, 0.2) is 5.96 Å². The average molecular weight is 438 g/mol. The summed E-state index contributed by atoms with van der Waals surface area (Å²) in [4.78, 5) is 15.5. The minimum absolute atomic E-state index is 0. The summed E-state index contributed by atoms with van der Waals surface area (Å²) in [7, 11) is 0. The predicted octanol–water partition coefficient (Wildman–Crippen LogP) is 3.45. The number of benzene rings is 2. The molecule has 0 spiro atoms. The first kappa shape index (κ1) is 20.0. The molecule has 128 valence electrons. The molecular weight excluding hydrogens is 415 g/mol. The molecule has 0 atom stereocenters. The number of halogens is 1. The summed E-state index contributed by atoms with van der Waals surface area (Å²) < 4.78 is 0. The zero-order valence-corrected chi connectivity index (χ0v) is 16.2. The van der Waals surface area contributed by atoms with E-state index in [-0.39, 0.29) is 24.0 Å². The maximum absolute atomic E-state index is 11.2. The Morgan fingerprint density at radius 3 is 2.50 bits per heavy atom. The third-order valence-electron chi connectivity index (χ3n) is 3.47. The molecule has 0 aromatic heterocycles. The van der Waals surface area contributed by atoms with Crippen LogP contribution in [0, 0.1) is 0 Å². The van der Waals surface area contributed by atoms with Crippen LogP contribution in [0.2, 0.25) is 0 Å². The number of anilines is 1. The molecule has 0 heterocycles. The van der Waals surface area contributed by atoms with Crippen LogP contribution in [0.25, 0.3) is 0 Å². The number of nitrogens with two attached hydrogens (primary N) is 2. The van der Waals surface area contributed by atoms with Crippen molar-refractivity contribution in [2.75, 3.05) is 5.32 Å². The standard InChI is InChI=1S/C18H22N4O.HI/c1-12(2)14-6-4-8-16(10-14)22-18(20)21-11-13-5-3-7-15(9-13)17(19)23;/h3-10,12H,11H2,1-2H3,(H2,19,23)(H3,20,21,22);1H. The molecule has 24 heavy (non-hydrogen) atoms. The monoisotopic (exact) mass is 438 g/mol. The van der Waals surface area contributed by atoms with Crippen LogP contribution in [0.15, 0.2) is 53.5 Å². The lowest BCUT2D eigenvalue weighted by atomic mass is 10.0. The average Bonchev–Trinajstić information content (AvgIpc) is 2.53. The Hall–Kier alpha value is -2.09. The minimum Gasteiger partial charge on any atom is -0.370 e. The van der Waals surface area contributed by atoms with Crippen LogP contribution in [-0.4, -0.2) is 11.9 Å². The third kappa shape index (κ3) is 5.84. The van der Waals surface area contributed by atoms with Crippen molar-refractivity contribution in [1.82, 2.24) is 0 Å². The fraction of sp³-hybridized carbons (Fsp3) is 0.222. The predicted molar refractivity (Wildman–Crippen MR) is 110 cm³/mol. The lowest BCUT2D eigenvalue weighted by molar-refractivity contribution is 0.1000. The van der Waals surface area contributed by atoms with Gasteiger partial charge < -0.3 is 16.8 Å². The second kappa shape index (κ2) is 9.27. The molecule has 0 saturated carbocycles. The van der Waals surface area contributed by atoms with Gasteiger partial charge in [-0.05, 0) is 41.3 Å². The molecule has 0 radical (unpaired) electrons. The van der Waals surface area contributed by atoms with Gasteiger partial charge in [0.25, 0.3) is 0 Å². The van der Waals surface area contributed by atoms with Crippen molar-refractivity contribution in [3.63, 3.8) is 0 Å². The van der Waals surface area contributed by atoms with E-state index in [9.17, 15) is 4.79 Å². The lowest BCUT2D eigenvalue weighted by Crippen LogP contribution is -2.22. The van der Waals surface area contributed by atoms with E-state index in [1.165, 1.54) is 5.56 Å². The number of guanidine groups is 1. The Morgan fingerprint density at radius 2 is 1.83 bits per heavy atom. The lowest BCUT2D eigenvalue weighted by Gasteiger charge is -2.10. The maximum atomic E-state index is 11.2. The molecule has 0 bridgehead atoms. The number of aliphatic imine (C=N–C) groups is 1. The molecular formula is C18H23IN4O. The number of rotatable bonds is 5. The quantitative estimate of drug-likeness (QED) is 0.379. The van der Waals surface area contributed by atoms with Crippen molar-refractivity contribution in [2.24, 2.45) is 16.5 Å². The maximum Gasteiger partial charge on any atom is 0.248 e. The summed E-state index contributed by atoms with van der Waals surface area (Å²) in [5.41, 5.74) is 14.7. The molecule has 2 aromatic carbocycles. The summed E-state index contributed by atoms with van der Waals surface area (Å²) in [6.45, 7) is 4.66. The van der Waals surface area contributed by atoms with Gasteiger partial charge in [0.1, 0.15) is 0 Å². The summed E-state index contributed by atoms with van der Waals surface area (Å²) in [5.74, 6) is 0.328.